The van der Waals surface area contributed by atoms with Gasteiger partial charge in [-0.25, -0.2) is 14.6 Å². The van der Waals surface area contributed by atoms with Crippen molar-refractivity contribution in [3.63, 3.8) is 0 Å². The van der Waals surface area contributed by atoms with Gasteiger partial charge in [0.1, 0.15) is 5.84 Å². The standard InChI is InChI=1S/C34H30F6N2O4/c1-5-45-31(43)27-20(3)42(30(22-14-8-7-9-15-22)41-26-19-13-12-18-25(26)34(38,39)40)21(4)28(32(44)46-6-2)29(27)23-16-10-11-17-24(23)33(35,36)37/h7-19,29H,5-6H2,1-4H3. The van der Waals surface area contributed by atoms with E-state index in [4.69, 9.17) is 9.47 Å². The van der Waals surface area contributed by atoms with E-state index in [1.165, 1.54) is 56.9 Å². The summed E-state index contributed by atoms with van der Waals surface area (Å²) in [5, 5.41) is 0. The zero-order chi connectivity index (χ0) is 33.8. The Kier molecular flexibility index (Phi) is 10.1. The Labute approximate surface area is 261 Å². The van der Waals surface area contributed by atoms with E-state index in [1.54, 1.807) is 30.3 Å². The van der Waals surface area contributed by atoms with E-state index in [0.717, 1.165) is 24.3 Å². The molecular formula is C34H30F6N2O4. The lowest BCUT2D eigenvalue weighted by atomic mass is 9.77. The molecular weight excluding hydrogens is 614 g/mol. The summed E-state index contributed by atoms with van der Waals surface area (Å²) in [5.41, 5.74) is -3.38. The maximum atomic E-state index is 14.4. The number of esters is 2. The second kappa shape index (κ2) is 13.6. The second-order valence-corrected chi connectivity index (χ2v) is 10.1. The van der Waals surface area contributed by atoms with Gasteiger partial charge in [0, 0.05) is 17.0 Å². The van der Waals surface area contributed by atoms with Crippen LogP contribution >= 0.6 is 0 Å². The van der Waals surface area contributed by atoms with Crippen LogP contribution in [0.3, 0.4) is 0 Å². The van der Waals surface area contributed by atoms with Crippen molar-refractivity contribution in [1.29, 1.82) is 0 Å². The minimum absolute atomic E-state index is 0.00179. The number of allylic oxidation sites excluding steroid dienone is 2. The van der Waals surface area contributed by atoms with Gasteiger partial charge in [0.05, 0.1) is 47.1 Å². The topological polar surface area (TPSA) is 68.2 Å². The molecule has 0 bridgehead atoms. The van der Waals surface area contributed by atoms with E-state index in [2.05, 4.69) is 4.99 Å². The van der Waals surface area contributed by atoms with Crippen LogP contribution in [0.1, 0.15) is 55.9 Å². The van der Waals surface area contributed by atoms with Gasteiger partial charge in [0.15, 0.2) is 0 Å². The van der Waals surface area contributed by atoms with Crippen LogP contribution in [0.4, 0.5) is 32.0 Å². The summed E-state index contributed by atoms with van der Waals surface area (Å²) in [6.45, 7) is 5.53. The van der Waals surface area contributed by atoms with Gasteiger partial charge in [-0.1, -0.05) is 60.7 Å². The summed E-state index contributed by atoms with van der Waals surface area (Å²) in [6, 6.07) is 17.2. The third kappa shape index (κ3) is 6.85. The molecule has 3 aromatic rings. The third-order valence-corrected chi connectivity index (χ3v) is 7.28. The Morgan fingerprint density at radius 1 is 0.696 bits per heavy atom. The fraction of sp³-hybridized carbons (Fsp3) is 0.265. The molecule has 46 heavy (non-hydrogen) atoms. The third-order valence-electron chi connectivity index (χ3n) is 7.28. The molecule has 0 aromatic heterocycles. The van der Waals surface area contributed by atoms with Crippen molar-refractivity contribution < 1.29 is 45.4 Å². The van der Waals surface area contributed by atoms with Crippen LogP contribution in [0.5, 0.6) is 0 Å². The normalized spacial score (nSPS) is 14.9. The fourth-order valence-corrected chi connectivity index (χ4v) is 5.39. The number of hydrogen-bond donors (Lipinski definition) is 0. The zero-order valence-corrected chi connectivity index (χ0v) is 25.3. The predicted molar refractivity (Wildman–Crippen MR) is 159 cm³/mol. The average Bonchev–Trinajstić information content (AvgIpc) is 3.00. The van der Waals surface area contributed by atoms with Gasteiger partial charge in [-0.05, 0) is 51.5 Å². The highest BCUT2D eigenvalue weighted by atomic mass is 19.4. The molecule has 1 aliphatic rings. The number of amidine groups is 1. The monoisotopic (exact) mass is 644 g/mol. The summed E-state index contributed by atoms with van der Waals surface area (Å²) in [6.07, 6.45) is -9.65. The number of alkyl halides is 6. The van der Waals surface area contributed by atoms with Crippen LogP contribution in [0.25, 0.3) is 0 Å². The number of rotatable bonds is 7. The van der Waals surface area contributed by atoms with E-state index in [-0.39, 0.29) is 41.6 Å². The molecule has 242 valence electrons. The van der Waals surface area contributed by atoms with Gasteiger partial charge >= 0.3 is 24.3 Å². The fourth-order valence-electron chi connectivity index (χ4n) is 5.39. The van der Waals surface area contributed by atoms with Gasteiger partial charge in [-0.2, -0.15) is 26.3 Å². The minimum Gasteiger partial charge on any atom is -0.463 e. The smallest absolute Gasteiger partial charge is 0.418 e. The SMILES string of the molecule is CCOC(=O)C1=C(C)N(C(=Nc2ccccc2C(F)(F)F)c2ccccc2)C(C)=C(C(=O)OCC)C1c1ccccc1C(F)(F)F. The number of para-hydroxylation sites is 1. The Balaban J connectivity index is 2.15. The molecule has 0 aliphatic carbocycles. The predicted octanol–water partition coefficient (Wildman–Crippen LogP) is 8.58. The average molecular weight is 645 g/mol. The number of benzene rings is 3. The first kappa shape index (κ1) is 34.0. The lowest BCUT2D eigenvalue weighted by Crippen LogP contribution is -2.39. The molecule has 0 radical (unpaired) electrons. The number of ether oxygens (including phenoxy) is 2. The molecule has 3 aromatic carbocycles. The van der Waals surface area contributed by atoms with Crippen molar-refractivity contribution >= 4 is 23.5 Å². The largest absolute Gasteiger partial charge is 0.463 e. The van der Waals surface area contributed by atoms with Crippen LogP contribution in [0.15, 0.2) is 106 Å². The number of carbonyl (C=O) groups excluding carboxylic acids is 2. The minimum atomic E-state index is -4.87. The molecule has 12 heteroatoms. The molecule has 0 atom stereocenters. The molecule has 1 aliphatic heterocycles. The molecule has 0 N–H and O–H groups in total. The maximum Gasteiger partial charge on any atom is 0.418 e. The number of aliphatic imine (C=N–C) groups is 1. The molecule has 0 fully saturated rings. The summed E-state index contributed by atoms with van der Waals surface area (Å²) in [5.74, 6) is -3.78. The van der Waals surface area contributed by atoms with Crippen molar-refractivity contribution in [2.75, 3.05) is 13.2 Å². The molecule has 0 unspecified atom stereocenters. The van der Waals surface area contributed by atoms with E-state index in [0.29, 0.717) is 5.56 Å². The van der Waals surface area contributed by atoms with Crippen molar-refractivity contribution in [1.82, 2.24) is 4.90 Å². The Morgan fingerprint density at radius 3 is 1.65 bits per heavy atom. The first-order valence-corrected chi connectivity index (χ1v) is 14.2. The summed E-state index contributed by atoms with van der Waals surface area (Å²) >= 11 is 0. The highest BCUT2D eigenvalue weighted by Crippen LogP contribution is 2.47. The van der Waals surface area contributed by atoms with Crippen LogP contribution in [-0.2, 0) is 31.4 Å². The maximum absolute atomic E-state index is 14.4. The van der Waals surface area contributed by atoms with Gasteiger partial charge in [0.2, 0.25) is 0 Å². The van der Waals surface area contributed by atoms with Crippen molar-refractivity contribution in [3.05, 3.63) is 124 Å². The first-order chi connectivity index (χ1) is 21.7. The van der Waals surface area contributed by atoms with Crippen LogP contribution in [0.2, 0.25) is 0 Å². The Bertz CT molecular complexity index is 1670. The molecule has 0 amide bonds. The molecule has 1 heterocycles. The molecule has 0 saturated heterocycles. The first-order valence-electron chi connectivity index (χ1n) is 14.2. The lowest BCUT2D eigenvalue weighted by molar-refractivity contribution is -0.142. The molecule has 0 spiro atoms. The molecule has 4 rings (SSSR count). The molecule has 6 nitrogen and oxygen atoms in total. The van der Waals surface area contributed by atoms with Gasteiger partial charge in [-0.15, -0.1) is 0 Å². The van der Waals surface area contributed by atoms with Crippen LogP contribution < -0.4 is 0 Å². The highest BCUT2D eigenvalue weighted by Gasteiger charge is 2.46. The van der Waals surface area contributed by atoms with Gasteiger partial charge < -0.3 is 14.4 Å². The van der Waals surface area contributed by atoms with Gasteiger partial charge in [-0.3, -0.25) is 0 Å². The van der Waals surface area contributed by atoms with Crippen molar-refractivity contribution in [2.45, 2.75) is 46.0 Å². The highest BCUT2D eigenvalue weighted by molar-refractivity contribution is 6.07. The van der Waals surface area contributed by atoms with Crippen LogP contribution in [0, 0.1) is 0 Å². The van der Waals surface area contributed by atoms with Crippen molar-refractivity contribution in [2.24, 2.45) is 4.99 Å². The number of halogens is 6. The summed E-state index contributed by atoms with van der Waals surface area (Å²) < 4.78 is 95.9. The molecule has 0 saturated carbocycles. The number of hydrogen-bond acceptors (Lipinski definition) is 5. The zero-order valence-electron chi connectivity index (χ0n) is 25.3. The Morgan fingerprint density at radius 2 is 1.15 bits per heavy atom. The second-order valence-electron chi connectivity index (χ2n) is 10.1. The van der Waals surface area contributed by atoms with E-state index in [9.17, 15) is 35.9 Å². The number of nitrogens with zero attached hydrogens (tertiary/aromatic N) is 2. The summed E-state index contributed by atoms with van der Waals surface area (Å²) in [7, 11) is 0. The summed E-state index contributed by atoms with van der Waals surface area (Å²) in [4.78, 5) is 33.1. The van der Waals surface area contributed by atoms with E-state index < -0.39 is 52.6 Å². The van der Waals surface area contributed by atoms with E-state index >= 15 is 0 Å². The lowest BCUT2D eigenvalue weighted by Gasteiger charge is -2.39. The van der Waals surface area contributed by atoms with Crippen molar-refractivity contribution in [3.8, 4) is 0 Å². The Hall–Kier alpha value is -4.87. The van der Waals surface area contributed by atoms with E-state index in [1.807, 2.05) is 0 Å². The quantitative estimate of drug-likeness (QED) is 0.112. The number of carbonyl (C=O) groups is 2. The van der Waals surface area contributed by atoms with Crippen LogP contribution in [-0.4, -0.2) is 35.9 Å². The van der Waals surface area contributed by atoms with Gasteiger partial charge in [0.25, 0.3) is 0 Å².